The number of nitrogens with zero attached hydrogens (tertiary/aromatic N) is 4. The van der Waals surface area contributed by atoms with Crippen LogP contribution in [0.3, 0.4) is 0 Å². The monoisotopic (exact) mass is 311 g/mol. The smallest absolute Gasteiger partial charge is 0.375 e. The van der Waals surface area contributed by atoms with Crippen molar-refractivity contribution in [1.29, 1.82) is 0 Å². The molecule has 23 heavy (non-hydrogen) atoms. The first-order chi connectivity index (χ1) is 11.1. The fraction of sp³-hybridized carbons (Fsp3) is 0.133. The summed E-state index contributed by atoms with van der Waals surface area (Å²) < 4.78 is 1.57. The standard InChI is InChI=1S/C15H13N5O3/c21-13-3-1-2-6-20(13)9-11-5-4-10(8-16-11)7-12-17-14(15(22)23)19-18-12/h1-6,8H,7,9H2,(H,22,23)(H,17,18,19). The molecular formula is C15H13N5O3. The first-order valence-corrected chi connectivity index (χ1v) is 6.85. The molecule has 8 heteroatoms. The Hall–Kier alpha value is -3.29. The third kappa shape index (κ3) is 3.49. The largest absolute Gasteiger partial charge is 0.475 e. The van der Waals surface area contributed by atoms with Crippen molar-refractivity contribution in [2.75, 3.05) is 0 Å². The van der Waals surface area contributed by atoms with Crippen molar-refractivity contribution in [3.8, 4) is 0 Å². The predicted molar refractivity (Wildman–Crippen MR) is 80.2 cm³/mol. The second kappa shape index (κ2) is 6.22. The lowest BCUT2D eigenvalue weighted by Gasteiger charge is -2.05. The third-order valence-electron chi connectivity index (χ3n) is 3.21. The van der Waals surface area contributed by atoms with Crippen LogP contribution in [-0.2, 0) is 13.0 Å². The molecule has 3 heterocycles. The van der Waals surface area contributed by atoms with Crippen LogP contribution in [0.1, 0.15) is 27.7 Å². The van der Waals surface area contributed by atoms with Gasteiger partial charge in [-0.15, -0.1) is 5.10 Å². The zero-order valence-electron chi connectivity index (χ0n) is 12.0. The fourth-order valence-corrected chi connectivity index (χ4v) is 2.08. The second-order valence-corrected chi connectivity index (χ2v) is 4.91. The molecule has 0 atom stereocenters. The lowest BCUT2D eigenvalue weighted by molar-refractivity contribution is 0.0684. The van der Waals surface area contributed by atoms with Gasteiger partial charge in [-0.05, 0) is 17.7 Å². The molecule has 0 saturated heterocycles. The predicted octanol–water partition coefficient (Wildman–Crippen LogP) is 0.699. The van der Waals surface area contributed by atoms with E-state index in [9.17, 15) is 9.59 Å². The van der Waals surface area contributed by atoms with E-state index in [0.29, 0.717) is 18.8 Å². The molecule has 0 saturated carbocycles. The maximum absolute atomic E-state index is 11.7. The Labute approximate surface area is 130 Å². The molecule has 0 bridgehead atoms. The second-order valence-electron chi connectivity index (χ2n) is 4.91. The number of nitrogens with one attached hydrogen (secondary N) is 1. The zero-order chi connectivity index (χ0) is 16.2. The zero-order valence-corrected chi connectivity index (χ0v) is 12.0. The number of hydrogen-bond acceptors (Lipinski definition) is 5. The van der Waals surface area contributed by atoms with Gasteiger partial charge in [0.2, 0.25) is 0 Å². The average Bonchev–Trinajstić information content (AvgIpc) is 3.00. The molecule has 0 aromatic carbocycles. The van der Waals surface area contributed by atoms with Crippen LogP contribution in [-0.4, -0.2) is 35.8 Å². The quantitative estimate of drug-likeness (QED) is 0.717. The number of carbonyl (C=O) groups is 1. The molecule has 2 N–H and O–H groups in total. The van der Waals surface area contributed by atoms with E-state index in [-0.39, 0.29) is 11.4 Å². The van der Waals surface area contributed by atoms with Crippen LogP contribution >= 0.6 is 0 Å². The van der Waals surface area contributed by atoms with Gasteiger partial charge in [-0.25, -0.2) is 9.78 Å². The van der Waals surface area contributed by atoms with Crippen LogP contribution in [0.5, 0.6) is 0 Å². The first-order valence-electron chi connectivity index (χ1n) is 6.85. The average molecular weight is 311 g/mol. The van der Waals surface area contributed by atoms with Crippen molar-refractivity contribution >= 4 is 5.97 Å². The summed E-state index contributed by atoms with van der Waals surface area (Å²) in [5, 5.41) is 15.0. The molecule has 0 aliphatic heterocycles. The normalized spacial score (nSPS) is 10.6. The highest BCUT2D eigenvalue weighted by Crippen LogP contribution is 2.06. The number of pyridine rings is 2. The summed E-state index contributed by atoms with van der Waals surface area (Å²) in [7, 11) is 0. The number of rotatable bonds is 5. The topological polar surface area (TPSA) is 114 Å². The summed E-state index contributed by atoms with van der Waals surface area (Å²) in [6, 6.07) is 8.67. The molecule has 3 aromatic heterocycles. The van der Waals surface area contributed by atoms with Crippen molar-refractivity contribution in [1.82, 2.24) is 24.7 Å². The molecule has 0 amide bonds. The van der Waals surface area contributed by atoms with Crippen molar-refractivity contribution in [3.05, 3.63) is 76.0 Å². The maximum atomic E-state index is 11.7. The van der Waals surface area contributed by atoms with Crippen molar-refractivity contribution in [2.24, 2.45) is 0 Å². The number of aromatic carboxylic acids is 1. The summed E-state index contributed by atoms with van der Waals surface area (Å²) in [5.41, 5.74) is 1.54. The summed E-state index contributed by atoms with van der Waals surface area (Å²) in [4.78, 5) is 30.6. The number of aromatic amines is 1. The SMILES string of the molecule is O=C(O)c1n[nH]c(Cc2ccc(Cn3ccccc3=O)nc2)n1. The highest BCUT2D eigenvalue weighted by Gasteiger charge is 2.10. The molecule has 0 aliphatic carbocycles. The van der Waals surface area contributed by atoms with E-state index >= 15 is 0 Å². The highest BCUT2D eigenvalue weighted by molar-refractivity contribution is 5.82. The van der Waals surface area contributed by atoms with E-state index in [4.69, 9.17) is 5.11 Å². The first kappa shape index (κ1) is 14.6. The fourth-order valence-electron chi connectivity index (χ4n) is 2.08. The minimum atomic E-state index is -1.17. The van der Waals surface area contributed by atoms with Crippen molar-refractivity contribution < 1.29 is 9.90 Å². The molecule has 0 spiro atoms. The summed E-state index contributed by atoms with van der Waals surface area (Å²) in [5.74, 6) is -0.974. The highest BCUT2D eigenvalue weighted by atomic mass is 16.4. The molecule has 0 radical (unpaired) electrons. The number of aromatic nitrogens is 5. The number of carboxylic acids is 1. The van der Waals surface area contributed by atoms with Crippen LogP contribution < -0.4 is 5.56 Å². The molecule has 0 unspecified atom stereocenters. The number of hydrogen-bond donors (Lipinski definition) is 2. The third-order valence-corrected chi connectivity index (χ3v) is 3.21. The number of carboxylic acid groups (broad SMARTS) is 1. The molecule has 0 fully saturated rings. The summed E-state index contributed by atoms with van der Waals surface area (Å²) >= 11 is 0. The summed E-state index contributed by atoms with van der Waals surface area (Å²) in [6.07, 6.45) is 3.78. The molecular weight excluding hydrogens is 298 g/mol. The van der Waals surface area contributed by atoms with Gasteiger partial charge < -0.3 is 9.67 Å². The minimum absolute atomic E-state index is 0.0822. The van der Waals surface area contributed by atoms with E-state index in [2.05, 4.69) is 20.2 Å². The van der Waals surface area contributed by atoms with Gasteiger partial charge in [0.1, 0.15) is 5.82 Å². The van der Waals surface area contributed by atoms with Gasteiger partial charge in [-0.2, -0.15) is 0 Å². The van der Waals surface area contributed by atoms with Crippen molar-refractivity contribution in [2.45, 2.75) is 13.0 Å². The molecule has 8 nitrogen and oxygen atoms in total. The van der Waals surface area contributed by atoms with Gasteiger partial charge in [0.15, 0.2) is 0 Å². The Kier molecular flexibility index (Phi) is 3.96. The minimum Gasteiger partial charge on any atom is -0.475 e. The van der Waals surface area contributed by atoms with E-state index in [1.807, 2.05) is 12.1 Å². The van der Waals surface area contributed by atoms with Gasteiger partial charge in [0.25, 0.3) is 11.4 Å². The van der Waals surface area contributed by atoms with E-state index in [1.54, 1.807) is 29.1 Å². The molecule has 3 rings (SSSR count). The van der Waals surface area contributed by atoms with Crippen LogP contribution in [0.2, 0.25) is 0 Å². The maximum Gasteiger partial charge on any atom is 0.375 e. The van der Waals surface area contributed by atoms with Crippen LogP contribution in [0.15, 0.2) is 47.5 Å². The van der Waals surface area contributed by atoms with Gasteiger partial charge in [0.05, 0.1) is 12.2 Å². The van der Waals surface area contributed by atoms with E-state index in [0.717, 1.165) is 11.3 Å². The molecule has 0 aliphatic rings. The lowest BCUT2D eigenvalue weighted by Crippen LogP contribution is -2.18. The lowest BCUT2D eigenvalue weighted by atomic mass is 10.2. The van der Waals surface area contributed by atoms with Crippen LogP contribution in [0.4, 0.5) is 0 Å². The van der Waals surface area contributed by atoms with Gasteiger partial charge in [0, 0.05) is 24.9 Å². The Morgan fingerprint density at radius 1 is 1.26 bits per heavy atom. The van der Waals surface area contributed by atoms with Gasteiger partial charge in [-0.1, -0.05) is 12.1 Å². The molecule has 116 valence electrons. The van der Waals surface area contributed by atoms with Crippen molar-refractivity contribution in [3.63, 3.8) is 0 Å². The Bertz CT molecular complexity index is 882. The van der Waals surface area contributed by atoms with E-state index < -0.39 is 5.97 Å². The van der Waals surface area contributed by atoms with Gasteiger partial charge in [-0.3, -0.25) is 14.9 Å². The Morgan fingerprint density at radius 2 is 2.13 bits per heavy atom. The van der Waals surface area contributed by atoms with Crippen LogP contribution in [0, 0.1) is 0 Å². The Morgan fingerprint density at radius 3 is 2.78 bits per heavy atom. The Balaban J connectivity index is 1.70. The molecule has 3 aromatic rings. The number of H-pyrrole nitrogens is 1. The summed E-state index contributed by atoms with van der Waals surface area (Å²) in [6.45, 7) is 0.394. The van der Waals surface area contributed by atoms with E-state index in [1.165, 1.54) is 6.07 Å². The van der Waals surface area contributed by atoms with Crippen LogP contribution in [0.25, 0.3) is 0 Å². The van der Waals surface area contributed by atoms with Gasteiger partial charge >= 0.3 is 5.97 Å².